The second-order valence-electron chi connectivity index (χ2n) is 9.16. The quantitative estimate of drug-likeness (QED) is 0.273. The van der Waals surface area contributed by atoms with Gasteiger partial charge in [0.25, 0.3) is 0 Å². The predicted octanol–water partition coefficient (Wildman–Crippen LogP) is 2.47. The summed E-state index contributed by atoms with van der Waals surface area (Å²) in [5.41, 5.74) is -1.30. The van der Waals surface area contributed by atoms with E-state index in [2.05, 4.69) is 6.58 Å². The van der Waals surface area contributed by atoms with Gasteiger partial charge in [-0.3, -0.25) is 19.2 Å². The van der Waals surface area contributed by atoms with Crippen LogP contribution in [0.3, 0.4) is 0 Å². The maximum Gasteiger partial charge on any atom is 0.323 e. The van der Waals surface area contributed by atoms with Crippen LogP contribution in [-0.4, -0.2) is 52.3 Å². The van der Waals surface area contributed by atoms with Crippen LogP contribution in [0.4, 0.5) is 0 Å². The second-order valence-corrected chi connectivity index (χ2v) is 9.16. The Balaban J connectivity index is 2.26. The summed E-state index contributed by atoms with van der Waals surface area (Å²) in [7, 11) is 4.98. The first-order valence-electron chi connectivity index (χ1n) is 10.8. The number of esters is 4. The van der Waals surface area contributed by atoms with E-state index >= 15 is 0 Å². The molecule has 0 radical (unpaired) electrons. The highest BCUT2D eigenvalue weighted by Crippen LogP contribution is 2.71. The Labute approximate surface area is 188 Å². The Bertz CT molecular complexity index is 852. The van der Waals surface area contributed by atoms with Crippen molar-refractivity contribution >= 4 is 23.9 Å². The predicted molar refractivity (Wildman–Crippen MR) is 113 cm³/mol. The summed E-state index contributed by atoms with van der Waals surface area (Å²) in [5, 5.41) is 0. The van der Waals surface area contributed by atoms with Crippen LogP contribution < -0.4 is 0 Å². The minimum Gasteiger partial charge on any atom is -0.468 e. The molecule has 0 aromatic heterocycles. The molecule has 0 N–H and O–H groups in total. The van der Waals surface area contributed by atoms with Crippen molar-refractivity contribution in [3.8, 4) is 0 Å². The van der Waals surface area contributed by atoms with Crippen LogP contribution in [0.25, 0.3) is 0 Å². The molecule has 3 rings (SSSR count). The summed E-state index contributed by atoms with van der Waals surface area (Å²) in [6.07, 6.45) is 2.61. The molecule has 32 heavy (non-hydrogen) atoms. The first-order valence-corrected chi connectivity index (χ1v) is 10.8. The topological polar surface area (TPSA) is 105 Å². The summed E-state index contributed by atoms with van der Waals surface area (Å²) >= 11 is 0. The minimum absolute atomic E-state index is 0.182. The fraction of sp³-hybridized carbons (Fsp3) is 0.667. The Hall–Kier alpha value is -2.64. The molecule has 176 valence electrons. The highest BCUT2D eigenvalue weighted by molar-refractivity contribution is 6.03. The number of allylic oxidation sites excluding steroid dienone is 3. The largest absolute Gasteiger partial charge is 0.468 e. The lowest BCUT2D eigenvalue weighted by Crippen LogP contribution is -2.47. The Morgan fingerprint density at radius 3 is 1.75 bits per heavy atom. The number of rotatable bonds is 5. The zero-order chi connectivity index (χ0) is 24.0. The highest BCUT2D eigenvalue weighted by atomic mass is 16.6. The number of carbonyl (C=O) groups excluding carboxylic acids is 4. The molecule has 3 fully saturated rings. The van der Waals surface area contributed by atoms with Gasteiger partial charge in [-0.1, -0.05) is 23.8 Å². The van der Waals surface area contributed by atoms with E-state index in [4.69, 9.17) is 18.9 Å². The van der Waals surface area contributed by atoms with Crippen molar-refractivity contribution in [1.29, 1.82) is 0 Å². The van der Waals surface area contributed by atoms with E-state index in [-0.39, 0.29) is 37.0 Å². The number of ether oxygens (including phenoxy) is 4. The standard InChI is InChI=1S/C24H32O8/c1-8-13-10-23(19(25)29-4,20(26)30-5)15-9-16-18(17(13)15)14(12(2)3)11-24(16,21(27)31-6)22(28)32-7/h8,14-18H,2,9-11H2,1,3-7H3/b13-8+/t14-,15+,16-,17+,18-/m0/s1. The van der Waals surface area contributed by atoms with Gasteiger partial charge in [-0.25, -0.2) is 0 Å². The van der Waals surface area contributed by atoms with Gasteiger partial charge in [0, 0.05) is 0 Å². The van der Waals surface area contributed by atoms with Gasteiger partial charge in [0.2, 0.25) is 0 Å². The number of methoxy groups -OCH3 is 4. The molecular formula is C24H32O8. The van der Waals surface area contributed by atoms with Crippen molar-refractivity contribution in [3.05, 3.63) is 23.8 Å². The van der Waals surface area contributed by atoms with Gasteiger partial charge in [0.05, 0.1) is 28.4 Å². The third-order valence-corrected chi connectivity index (χ3v) is 8.21. The van der Waals surface area contributed by atoms with E-state index in [1.165, 1.54) is 28.4 Å². The summed E-state index contributed by atoms with van der Waals surface area (Å²) < 4.78 is 20.3. The summed E-state index contributed by atoms with van der Waals surface area (Å²) in [5.74, 6) is -4.19. The van der Waals surface area contributed by atoms with E-state index in [9.17, 15) is 19.2 Å². The monoisotopic (exact) mass is 448 g/mol. The molecule has 3 aliphatic rings. The van der Waals surface area contributed by atoms with Crippen molar-refractivity contribution in [3.63, 3.8) is 0 Å². The lowest BCUT2D eigenvalue weighted by Gasteiger charge is -2.33. The third kappa shape index (κ3) is 2.87. The summed E-state index contributed by atoms with van der Waals surface area (Å²) in [6, 6.07) is 0. The average molecular weight is 449 g/mol. The molecule has 0 bridgehead atoms. The van der Waals surface area contributed by atoms with E-state index in [0.717, 1.165) is 11.1 Å². The molecule has 0 spiro atoms. The van der Waals surface area contributed by atoms with Gasteiger partial charge in [0.15, 0.2) is 10.8 Å². The van der Waals surface area contributed by atoms with Crippen LogP contribution in [0.2, 0.25) is 0 Å². The number of hydrogen-bond acceptors (Lipinski definition) is 8. The van der Waals surface area contributed by atoms with Crippen molar-refractivity contribution < 1.29 is 38.1 Å². The van der Waals surface area contributed by atoms with Crippen molar-refractivity contribution in [2.45, 2.75) is 33.1 Å². The lowest BCUT2D eigenvalue weighted by atomic mass is 9.70. The molecule has 0 unspecified atom stereocenters. The lowest BCUT2D eigenvalue weighted by molar-refractivity contribution is -0.173. The molecule has 3 aliphatic carbocycles. The normalized spacial score (nSPS) is 32.6. The minimum atomic E-state index is -1.53. The molecule has 0 aromatic carbocycles. The van der Waals surface area contributed by atoms with E-state index in [0.29, 0.717) is 0 Å². The molecule has 0 aliphatic heterocycles. The molecule has 0 aromatic rings. The smallest absolute Gasteiger partial charge is 0.323 e. The van der Waals surface area contributed by atoms with Crippen LogP contribution in [-0.2, 0) is 38.1 Å². The zero-order valence-corrected chi connectivity index (χ0v) is 19.6. The van der Waals surface area contributed by atoms with Crippen molar-refractivity contribution in [2.24, 2.45) is 40.4 Å². The molecule has 3 saturated carbocycles. The number of carbonyl (C=O) groups is 4. The average Bonchev–Trinajstić information content (AvgIpc) is 3.44. The molecule has 0 amide bonds. The van der Waals surface area contributed by atoms with Gasteiger partial charge in [-0.05, 0) is 62.7 Å². The molecular weight excluding hydrogens is 416 g/mol. The second kappa shape index (κ2) is 8.37. The SMILES string of the molecule is C=C(C)[C@@H]1CC(C(=O)OC)(C(=O)OC)[C@H]2C[C@@H]3[C@@H](/C(=C/C)CC3(C(=O)OC)C(=O)OC)[C@@H]12. The summed E-state index contributed by atoms with van der Waals surface area (Å²) in [6.45, 7) is 7.87. The van der Waals surface area contributed by atoms with Crippen LogP contribution in [0, 0.1) is 40.4 Å². The fourth-order valence-corrected chi connectivity index (χ4v) is 6.98. The molecule has 5 atom stereocenters. The van der Waals surface area contributed by atoms with Crippen molar-refractivity contribution in [2.75, 3.05) is 28.4 Å². The molecule has 8 nitrogen and oxygen atoms in total. The number of fused-ring (bicyclic) bond motifs is 3. The van der Waals surface area contributed by atoms with Gasteiger partial charge < -0.3 is 18.9 Å². The maximum atomic E-state index is 13.1. The van der Waals surface area contributed by atoms with Gasteiger partial charge >= 0.3 is 23.9 Å². The highest BCUT2D eigenvalue weighted by Gasteiger charge is 2.75. The van der Waals surface area contributed by atoms with E-state index in [1.807, 2.05) is 19.9 Å². The summed E-state index contributed by atoms with van der Waals surface area (Å²) in [4.78, 5) is 52.3. The number of hydrogen-bond donors (Lipinski definition) is 0. The first kappa shape index (κ1) is 24.0. The van der Waals surface area contributed by atoms with Crippen LogP contribution in [0.1, 0.15) is 33.1 Å². The van der Waals surface area contributed by atoms with Crippen molar-refractivity contribution in [1.82, 2.24) is 0 Å². The molecule has 0 saturated heterocycles. The van der Waals surface area contributed by atoms with Gasteiger partial charge in [-0.15, -0.1) is 0 Å². The third-order valence-electron chi connectivity index (χ3n) is 8.21. The first-order chi connectivity index (χ1) is 15.1. The zero-order valence-electron chi connectivity index (χ0n) is 19.6. The van der Waals surface area contributed by atoms with E-state index in [1.54, 1.807) is 0 Å². The Morgan fingerprint density at radius 2 is 1.34 bits per heavy atom. The van der Waals surface area contributed by atoms with E-state index < -0.39 is 46.5 Å². The van der Waals surface area contributed by atoms with Gasteiger partial charge in [0.1, 0.15) is 0 Å². The maximum absolute atomic E-state index is 13.1. The Kier molecular flexibility index (Phi) is 6.28. The van der Waals surface area contributed by atoms with Crippen LogP contribution in [0.5, 0.6) is 0 Å². The molecule has 0 heterocycles. The van der Waals surface area contributed by atoms with Gasteiger partial charge in [-0.2, -0.15) is 0 Å². The molecule has 8 heteroatoms. The van der Waals surface area contributed by atoms with Crippen LogP contribution >= 0.6 is 0 Å². The van der Waals surface area contributed by atoms with Crippen LogP contribution in [0.15, 0.2) is 23.8 Å². The fourth-order valence-electron chi connectivity index (χ4n) is 6.98. The Morgan fingerprint density at radius 1 is 0.875 bits per heavy atom.